The molecule has 0 unspecified atom stereocenters. The molecule has 4 rings (SSSR count). The molecule has 2 aromatic heterocycles. The first-order chi connectivity index (χ1) is 11.8. The largest absolute Gasteiger partial charge is 0.367 e. The highest BCUT2D eigenvalue weighted by molar-refractivity contribution is 5.57. The first kappa shape index (κ1) is 15.3. The molecular weight excluding hydrogens is 294 g/mol. The molecule has 3 nitrogen and oxygen atoms in total. The van der Waals surface area contributed by atoms with Gasteiger partial charge in [-0.05, 0) is 37.0 Å². The van der Waals surface area contributed by atoms with Crippen molar-refractivity contribution in [2.75, 3.05) is 5.32 Å². The minimum atomic E-state index is 0.577. The van der Waals surface area contributed by atoms with Gasteiger partial charge in [-0.2, -0.15) is 0 Å². The number of hydrogen-bond acceptors (Lipinski definition) is 2. The van der Waals surface area contributed by atoms with Crippen LogP contribution in [0.5, 0.6) is 0 Å². The van der Waals surface area contributed by atoms with Crippen LogP contribution in [0.4, 0.5) is 5.82 Å². The minimum absolute atomic E-state index is 0.577. The van der Waals surface area contributed by atoms with Crippen LogP contribution in [-0.2, 0) is 6.42 Å². The van der Waals surface area contributed by atoms with Gasteiger partial charge in [0.1, 0.15) is 11.5 Å². The molecule has 1 fully saturated rings. The van der Waals surface area contributed by atoms with Gasteiger partial charge in [0, 0.05) is 18.7 Å². The summed E-state index contributed by atoms with van der Waals surface area (Å²) in [4.78, 5) is 4.92. The van der Waals surface area contributed by atoms with Crippen LogP contribution >= 0.6 is 0 Å². The van der Waals surface area contributed by atoms with Gasteiger partial charge in [0.15, 0.2) is 0 Å². The number of nitrogens with one attached hydrogen (secondary N) is 1. The van der Waals surface area contributed by atoms with E-state index in [0.29, 0.717) is 6.04 Å². The number of aromatic nitrogens is 2. The van der Waals surface area contributed by atoms with Crippen LogP contribution in [0.15, 0.2) is 48.7 Å². The zero-order chi connectivity index (χ0) is 16.4. The molecule has 124 valence electrons. The normalized spacial score (nSPS) is 15.7. The molecule has 1 aliphatic rings. The number of benzene rings is 1. The van der Waals surface area contributed by atoms with Crippen LogP contribution in [0, 0.1) is 6.92 Å². The number of fused-ring (bicyclic) bond motifs is 1. The first-order valence-electron chi connectivity index (χ1n) is 9.07. The smallest absolute Gasteiger partial charge is 0.138 e. The average Bonchev–Trinajstić information content (AvgIpc) is 2.94. The lowest BCUT2D eigenvalue weighted by Gasteiger charge is -2.24. The van der Waals surface area contributed by atoms with E-state index in [-0.39, 0.29) is 0 Å². The molecule has 0 radical (unpaired) electrons. The Labute approximate surface area is 143 Å². The number of imidazole rings is 1. The molecular formula is C21H25N3. The van der Waals surface area contributed by atoms with E-state index in [1.54, 1.807) is 0 Å². The summed E-state index contributed by atoms with van der Waals surface area (Å²) in [5.41, 5.74) is 4.75. The van der Waals surface area contributed by atoms with Gasteiger partial charge in [0.25, 0.3) is 0 Å². The summed E-state index contributed by atoms with van der Waals surface area (Å²) in [6.45, 7) is 2.14. The summed E-state index contributed by atoms with van der Waals surface area (Å²) in [7, 11) is 0. The highest BCUT2D eigenvalue weighted by Gasteiger charge is 2.18. The lowest BCUT2D eigenvalue weighted by Crippen LogP contribution is -2.23. The van der Waals surface area contributed by atoms with Crippen molar-refractivity contribution in [3.05, 3.63) is 65.5 Å². The Balaban J connectivity index is 1.72. The Morgan fingerprint density at radius 1 is 1.04 bits per heavy atom. The molecule has 0 atom stereocenters. The summed E-state index contributed by atoms with van der Waals surface area (Å²) in [5, 5.41) is 3.82. The van der Waals surface area contributed by atoms with Gasteiger partial charge in [0.05, 0.1) is 5.69 Å². The average molecular weight is 319 g/mol. The highest BCUT2D eigenvalue weighted by atomic mass is 15.1. The van der Waals surface area contributed by atoms with Gasteiger partial charge >= 0.3 is 0 Å². The fraction of sp³-hybridized carbons (Fsp3) is 0.381. The van der Waals surface area contributed by atoms with E-state index in [2.05, 4.69) is 65.3 Å². The van der Waals surface area contributed by atoms with Gasteiger partial charge in [-0.1, -0.05) is 55.7 Å². The number of hydrogen-bond donors (Lipinski definition) is 1. The second kappa shape index (κ2) is 6.68. The molecule has 1 N–H and O–H groups in total. The minimum Gasteiger partial charge on any atom is -0.367 e. The quantitative estimate of drug-likeness (QED) is 0.735. The van der Waals surface area contributed by atoms with Crippen molar-refractivity contribution in [1.82, 2.24) is 9.38 Å². The summed E-state index contributed by atoms with van der Waals surface area (Å²) in [6.07, 6.45) is 9.65. The maximum Gasteiger partial charge on any atom is 0.138 e. The zero-order valence-corrected chi connectivity index (χ0v) is 14.3. The standard InChI is InChI=1S/C21H25N3/c1-16-12-13-20-23-19(14-17-8-4-2-5-9-17)21(24(20)15-16)22-18-10-6-3-7-11-18/h2,4-5,8-9,12-13,15,18,22H,3,6-7,10-11,14H2,1H3. The molecule has 1 saturated carbocycles. The lowest BCUT2D eigenvalue weighted by atomic mass is 9.95. The van der Waals surface area contributed by atoms with E-state index in [0.717, 1.165) is 17.8 Å². The van der Waals surface area contributed by atoms with Crippen molar-refractivity contribution in [3.8, 4) is 0 Å². The van der Waals surface area contributed by atoms with Crippen LogP contribution in [0.25, 0.3) is 5.65 Å². The van der Waals surface area contributed by atoms with Crippen molar-refractivity contribution in [1.29, 1.82) is 0 Å². The molecule has 0 aliphatic heterocycles. The molecule has 3 aromatic rings. The lowest BCUT2D eigenvalue weighted by molar-refractivity contribution is 0.461. The Bertz CT molecular complexity index is 814. The van der Waals surface area contributed by atoms with E-state index in [9.17, 15) is 0 Å². The van der Waals surface area contributed by atoms with Crippen LogP contribution in [-0.4, -0.2) is 15.4 Å². The summed E-state index contributed by atoms with van der Waals surface area (Å²) in [5.74, 6) is 1.18. The molecule has 1 aliphatic carbocycles. The third-order valence-electron chi connectivity index (χ3n) is 5.00. The van der Waals surface area contributed by atoms with Gasteiger partial charge in [-0.3, -0.25) is 4.40 Å². The molecule has 3 heteroatoms. The zero-order valence-electron chi connectivity index (χ0n) is 14.3. The van der Waals surface area contributed by atoms with E-state index in [1.165, 1.54) is 49.0 Å². The van der Waals surface area contributed by atoms with E-state index >= 15 is 0 Å². The van der Waals surface area contributed by atoms with Gasteiger partial charge in [-0.25, -0.2) is 4.98 Å². The first-order valence-corrected chi connectivity index (χ1v) is 9.07. The summed E-state index contributed by atoms with van der Waals surface area (Å²) in [6, 6.07) is 15.5. The van der Waals surface area contributed by atoms with Crippen molar-refractivity contribution in [2.24, 2.45) is 0 Å². The van der Waals surface area contributed by atoms with Crippen molar-refractivity contribution < 1.29 is 0 Å². The Kier molecular flexibility index (Phi) is 4.24. The molecule has 0 spiro atoms. The van der Waals surface area contributed by atoms with Crippen molar-refractivity contribution >= 4 is 11.5 Å². The van der Waals surface area contributed by atoms with E-state index in [1.807, 2.05) is 0 Å². The molecule has 0 saturated heterocycles. The number of pyridine rings is 1. The number of aryl methyl sites for hydroxylation is 1. The number of rotatable bonds is 4. The van der Waals surface area contributed by atoms with Crippen molar-refractivity contribution in [2.45, 2.75) is 51.5 Å². The topological polar surface area (TPSA) is 29.3 Å². The fourth-order valence-electron chi connectivity index (χ4n) is 3.71. The van der Waals surface area contributed by atoms with Gasteiger partial charge in [0.2, 0.25) is 0 Å². The number of anilines is 1. The Hall–Kier alpha value is -2.29. The van der Waals surface area contributed by atoms with Gasteiger partial charge < -0.3 is 5.32 Å². The van der Waals surface area contributed by atoms with Gasteiger partial charge in [-0.15, -0.1) is 0 Å². The second-order valence-electron chi connectivity index (χ2n) is 6.98. The predicted molar refractivity (Wildman–Crippen MR) is 99.7 cm³/mol. The maximum absolute atomic E-state index is 4.92. The number of nitrogens with zero attached hydrogens (tertiary/aromatic N) is 2. The van der Waals surface area contributed by atoms with Crippen LogP contribution in [0.1, 0.15) is 48.9 Å². The molecule has 1 aromatic carbocycles. The molecule has 24 heavy (non-hydrogen) atoms. The Morgan fingerprint density at radius 3 is 2.62 bits per heavy atom. The SMILES string of the molecule is Cc1ccc2nc(Cc3ccccc3)c(NC3CCCCC3)n2c1. The summed E-state index contributed by atoms with van der Waals surface area (Å²) < 4.78 is 2.24. The molecule has 2 heterocycles. The van der Waals surface area contributed by atoms with Crippen molar-refractivity contribution in [3.63, 3.8) is 0 Å². The van der Waals surface area contributed by atoms with Crippen LogP contribution in [0.3, 0.4) is 0 Å². The van der Waals surface area contributed by atoms with E-state index in [4.69, 9.17) is 4.98 Å². The fourth-order valence-corrected chi connectivity index (χ4v) is 3.71. The second-order valence-corrected chi connectivity index (χ2v) is 6.98. The van der Waals surface area contributed by atoms with Crippen LogP contribution in [0.2, 0.25) is 0 Å². The van der Waals surface area contributed by atoms with E-state index < -0.39 is 0 Å². The Morgan fingerprint density at radius 2 is 1.83 bits per heavy atom. The third-order valence-corrected chi connectivity index (χ3v) is 5.00. The molecule has 0 amide bonds. The van der Waals surface area contributed by atoms with Crippen LogP contribution < -0.4 is 5.32 Å². The monoisotopic (exact) mass is 319 g/mol. The molecule has 0 bridgehead atoms. The maximum atomic E-state index is 4.92. The predicted octanol–water partition coefficient (Wildman–Crippen LogP) is 4.98. The summed E-state index contributed by atoms with van der Waals surface area (Å²) >= 11 is 0. The highest BCUT2D eigenvalue weighted by Crippen LogP contribution is 2.26. The third kappa shape index (κ3) is 3.16.